The van der Waals surface area contributed by atoms with Crippen LogP contribution in [0.2, 0.25) is 0 Å². The summed E-state index contributed by atoms with van der Waals surface area (Å²) in [4.78, 5) is 12.6. The Morgan fingerprint density at radius 3 is 2.30 bits per heavy atom. The van der Waals surface area contributed by atoms with Gasteiger partial charge in [0.15, 0.2) is 0 Å². The molecule has 118 valence electrons. The van der Waals surface area contributed by atoms with Gasteiger partial charge in [-0.05, 0) is 24.8 Å². The van der Waals surface area contributed by atoms with Crippen molar-refractivity contribution in [1.82, 2.24) is 9.62 Å². The third-order valence-corrected chi connectivity index (χ3v) is 5.28. The van der Waals surface area contributed by atoms with Gasteiger partial charge in [0.2, 0.25) is 10.0 Å². The van der Waals surface area contributed by atoms with Gasteiger partial charge in [-0.15, -0.1) is 0 Å². The molecule has 0 unspecified atom stereocenters. The number of aliphatic carboxylic acids is 1. The van der Waals surface area contributed by atoms with Crippen LogP contribution in [0.1, 0.15) is 40.5 Å². The van der Waals surface area contributed by atoms with Crippen molar-refractivity contribution < 1.29 is 18.3 Å². The van der Waals surface area contributed by atoms with E-state index in [4.69, 9.17) is 5.11 Å². The lowest BCUT2D eigenvalue weighted by molar-refractivity contribution is -0.139. The standard InChI is InChI=1S/C13H26N2O4S/c1-5-15(8-12(16)17)11-6-10(7-11)14-20(18,19)9-13(2,3)4/h10-11,14H,5-9H2,1-4H3,(H,16,17). The fourth-order valence-corrected chi connectivity index (χ4v) is 4.44. The van der Waals surface area contributed by atoms with Crippen molar-refractivity contribution >= 4 is 16.0 Å². The molecule has 1 saturated carbocycles. The van der Waals surface area contributed by atoms with E-state index in [0.29, 0.717) is 19.4 Å². The summed E-state index contributed by atoms with van der Waals surface area (Å²) in [6, 6.07) is 0.105. The van der Waals surface area contributed by atoms with Crippen molar-refractivity contribution in [1.29, 1.82) is 0 Å². The lowest BCUT2D eigenvalue weighted by Gasteiger charge is -2.42. The minimum atomic E-state index is -3.26. The van der Waals surface area contributed by atoms with Crippen LogP contribution in [0.15, 0.2) is 0 Å². The first-order chi connectivity index (χ1) is 9.02. The Labute approximate surface area is 121 Å². The van der Waals surface area contributed by atoms with Crippen LogP contribution in [0.25, 0.3) is 0 Å². The maximum atomic E-state index is 12.0. The van der Waals surface area contributed by atoms with Crippen LogP contribution in [0.4, 0.5) is 0 Å². The molecule has 0 spiro atoms. The summed E-state index contributed by atoms with van der Waals surface area (Å²) < 4.78 is 26.6. The number of carboxylic acid groups (broad SMARTS) is 1. The fraction of sp³-hybridized carbons (Fsp3) is 0.923. The number of hydrogen-bond donors (Lipinski definition) is 2. The van der Waals surface area contributed by atoms with E-state index in [1.807, 2.05) is 32.6 Å². The number of carboxylic acids is 1. The van der Waals surface area contributed by atoms with E-state index < -0.39 is 16.0 Å². The molecule has 0 aliphatic heterocycles. The average molecular weight is 306 g/mol. The van der Waals surface area contributed by atoms with Crippen LogP contribution in [0, 0.1) is 5.41 Å². The van der Waals surface area contributed by atoms with Crippen molar-refractivity contribution in [2.45, 2.75) is 52.6 Å². The lowest BCUT2D eigenvalue weighted by Crippen LogP contribution is -2.55. The van der Waals surface area contributed by atoms with Crippen molar-refractivity contribution in [3.63, 3.8) is 0 Å². The Hall–Kier alpha value is -0.660. The molecule has 1 aliphatic rings. The highest BCUT2D eigenvalue weighted by Gasteiger charge is 2.36. The van der Waals surface area contributed by atoms with Crippen molar-refractivity contribution in [2.24, 2.45) is 5.41 Å². The second-order valence-corrected chi connectivity index (χ2v) is 8.47. The molecule has 0 aromatic heterocycles. The number of hydrogen-bond acceptors (Lipinski definition) is 4. The Morgan fingerprint density at radius 2 is 1.90 bits per heavy atom. The zero-order chi connectivity index (χ0) is 15.6. The maximum Gasteiger partial charge on any atom is 0.317 e. The molecule has 1 rings (SSSR count). The van der Waals surface area contributed by atoms with Gasteiger partial charge in [-0.2, -0.15) is 0 Å². The van der Waals surface area contributed by atoms with Gasteiger partial charge in [-0.3, -0.25) is 9.69 Å². The molecule has 20 heavy (non-hydrogen) atoms. The fourth-order valence-electron chi connectivity index (χ4n) is 2.52. The van der Waals surface area contributed by atoms with Crippen LogP contribution in [0.3, 0.4) is 0 Å². The average Bonchev–Trinajstić information content (AvgIpc) is 2.16. The molecule has 0 atom stereocenters. The quantitative estimate of drug-likeness (QED) is 0.729. The number of carbonyl (C=O) groups is 1. The second kappa shape index (κ2) is 6.41. The molecule has 0 heterocycles. The summed E-state index contributed by atoms with van der Waals surface area (Å²) in [6.07, 6.45) is 1.37. The van der Waals surface area contributed by atoms with Crippen LogP contribution in [0.5, 0.6) is 0 Å². The topological polar surface area (TPSA) is 86.7 Å². The smallest absolute Gasteiger partial charge is 0.317 e. The summed E-state index contributed by atoms with van der Waals surface area (Å²) in [5.41, 5.74) is -0.270. The van der Waals surface area contributed by atoms with Gasteiger partial charge in [0, 0.05) is 12.1 Å². The Kier molecular flexibility index (Phi) is 5.57. The van der Waals surface area contributed by atoms with E-state index in [9.17, 15) is 13.2 Å². The van der Waals surface area contributed by atoms with Gasteiger partial charge in [-0.1, -0.05) is 27.7 Å². The second-order valence-electron chi connectivity index (χ2n) is 6.72. The highest BCUT2D eigenvalue weighted by Crippen LogP contribution is 2.27. The van der Waals surface area contributed by atoms with Crippen LogP contribution in [-0.4, -0.2) is 55.3 Å². The largest absolute Gasteiger partial charge is 0.480 e. The Bertz CT molecular complexity index is 436. The Balaban J connectivity index is 2.43. The molecular formula is C13H26N2O4S. The predicted octanol–water partition coefficient (Wildman–Crippen LogP) is 0.889. The molecule has 1 aliphatic carbocycles. The van der Waals surface area contributed by atoms with Crippen LogP contribution < -0.4 is 4.72 Å². The molecule has 0 amide bonds. The molecular weight excluding hydrogens is 280 g/mol. The van der Waals surface area contributed by atoms with Gasteiger partial charge in [0.05, 0.1) is 12.3 Å². The highest BCUT2D eigenvalue weighted by atomic mass is 32.2. The van der Waals surface area contributed by atoms with Crippen molar-refractivity contribution in [3.8, 4) is 0 Å². The summed E-state index contributed by atoms with van der Waals surface area (Å²) in [7, 11) is -3.26. The molecule has 2 N–H and O–H groups in total. The molecule has 0 aromatic carbocycles. The van der Waals surface area contributed by atoms with Gasteiger partial charge < -0.3 is 5.11 Å². The zero-order valence-corrected chi connectivity index (χ0v) is 13.5. The first-order valence-electron chi connectivity index (χ1n) is 6.98. The van der Waals surface area contributed by atoms with E-state index >= 15 is 0 Å². The molecule has 6 nitrogen and oxygen atoms in total. The molecule has 0 aromatic rings. The minimum absolute atomic E-state index is 0.0165. The number of nitrogens with one attached hydrogen (secondary N) is 1. The molecule has 0 saturated heterocycles. The maximum absolute atomic E-state index is 12.0. The molecule has 0 bridgehead atoms. The predicted molar refractivity (Wildman–Crippen MR) is 78.1 cm³/mol. The molecule has 1 fully saturated rings. The summed E-state index contributed by atoms with van der Waals surface area (Å²) >= 11 is 0. The van der Waals surface area contributed by atoms with Gasteiger partial charge in [0.25, 0.3) is 0 Å². The zero-order valence-electron chi connectivity index (χ0n) is 12.7. The van der Waals surface area contributed by atoms with E-state index in [1.54, 1.807) is 0 Å². The monoisotopic (exact) mass is 306 g/mol. The number of likely N-dealkylation sites (N-methyl/N-ethyl adjacent to an activating group) is 1. The van der Waals surface area contributed by atoms with Crippen molar-refractivity contribution in [2.75, 3.05) is 18.8 Å². The van der Waals surface area contributed by atoms with Crippen LogP contribution in [-0.2, 0) is 14.8 Å². The van der Waals surface area contributed by atoms with Crippen LogP contribution >= 0.6 is 0 Å². The SMILES string of the molecule is CCN(CC(=O)O)C1CC(NS(=O)(=O)CC(C)(C)C)C1. The third-order valence-electron chi connectivity index (χ3n) is 3.34. The molecule has 0 radical (unpaired) electrons. The normalized spacial score (nSPS) is 23.6. The summed E-state index contributed by atoms with van der Waals surface area (Å²) in [6.45, 7) is 8.27. The van der Waals surface area contributed by atoms with E-state index in [-0.39, 0.29) is 29.8 Å². The Morgan fingerprint density at radius 1 is 1.35 bits per heavy atom. The highest BCUT2D eigenvalue weighted by molar-refractivity contribution is 7.89. The van der Waals surface area contributed by atoms with E-state index in [1.165, 1.54) is 0 Å². The van der Waals surface area contributed by atoms with Gasteiger partial charge >= 0.3 is 5.97 Å². The van der Waals surface area contributed by atoms with Gasteiger partial charge in [-0.25, -0.2) is 13.1 Å². The number of sulfonamides is 1. The lowest BCUT2D eigenvalue weighted by atomic mass is 9.86. The number of nitrogens with zero attached hydrogens (tertiary/aromatic N) is 1. The summed E-state index contributed by atoms with van der Waals surface area (Å²) in [5, 5.41) is 8.81. The number of rotatable bonds is 7. The first-order valence-corrected chi connectivity index (χ1v) is 8.63. The van der Waals surface area contributed by atoms with Gasteiger partial charge in [0.1, 0.15) is 0 Å². The first kappa shape index (κ1) is 17.4. The van der Waals surface area contributed by atoms with E-state index in [2.05, 4.69) is 4.72 Å². The van der Waals surface area contributed by atoms with Crippen molar-refractivity contribution in [3.05, 3.63) is 0 Å². The third kappa shape index (κ3) is 5.76. The minimum Gasteiger partial charge on any atom is -0.480 e. The summed E-state index contributed by atoms with van der Waals surface area (Å²) in [5.74, 6) is -0.739. The molecule has 7 heteroatoms. The van der Waals surface area contributed by atoms with E-state index in [0.717, 1.165) is 0 Å².